The summed E-state index contributed by atoms with van der Waals surface area (Å²) >= 11 is 0. The van der Waals surface area contributed by atoms with Crippen LogP contribution in [0.2, 0.25) is 0 Å². The Hall–Kier alpha value is -0.450. The summed E-state index contributed by atoms with van der Waals surface area (Å²) in [5.41, 5.74) is 0. The van der Waals surface area contributed by atoms with E-state index in [0.717, 1.165) is 0 Å². The highest BCUT2D eigenvalue weighted by molar-refractivity contribution is 5.60. The maximum Gasteiger partial charge on any atom is 0.249 e. The molecule has 0 unspecified atom stereocenters. The minimum Gasteiger partial charge on any atom is -0.390 e. The number of hydrogen-bond acceptors (Lipinski definition) is 4. The first kappa shape index (κ1) is 6.67. The number of aliphatic hydroxyl groups is 1. The van der Waals surface area contributed by atoms with E-state index in [9.17, 15) is 4.79 Å². The smallest absolute Gasteiger partial charge is 0.249 e. The fourth-order valence-corrected chi connectivity index (χ4v) is 0.667. The molecule has 0 bridgehead atoms. The largest absolute Gasteiger partial charge is 0.390 e. The van der Waals surface area contributed by atoms with Gasteiger partial charge in [0.25, 0.3) is 0 Å². The molecule has 1 N–H and O–H groups in total. The van der Waals surface area contributed by atoms with Gasteiger partial charge in [-0.15, -0.1) is 0 Å². The molecule has 0 spiro atoms. The van der Waals surface area contributed by atoms with Crippen LogP contribution in [0.3, 0.4) is 0 Å². The van der Waals surface area contributed by atoms with Gasteiger partial charge >= 0.3 is 0 Å². The summed E-state index contributed by atoms with van der Waals surface area (Å²) in [6, 6.07) is 0. The molecule has 0 aromatic rings. The molecule has 1 aliphatic rings. The molecule has 0 saturated carbocycles. The van der Waals surface area contributed by atoms with Crippen LogP contribution in [0.25, 0.3) is 0 Å². The first-order valence-corrected chi connectivity index (χ1v) is 2.68. The van der Waals surface area contributed by atoms with E-state index in [1.54, 1.807) is 0 Å². The Morgan fingerprint density at radius 2 is 2.11 bits per heavy atom. The average molecular weight is 132 g/mol. The van der Waals surface area contributed by atoms with E-state index in [1.165, 1.54) is 0 Å². The highest BCUT2D eigenvalue weighted by atomic mass is 16.7. The van der Waals surface area contributed by atoms with Crippen LogP contribution in [-0.2, 0) is 14.3 Å². The number of hydrogen-bond donors (Lipinski definition) is 1. The first-order valence-electron chi connectivity index (χ1n) is 2.68. The topological polar surface area (TPSA) is 55.8 Å². The number of aldehydes is 1. The van der Waals surface area contributed by atoms with E-state index in [-0.39, 0.29) is 0 Å². The number of carbonyl (C=O) groups is 1. The van der Waals surface area contributed by atoms with Crippen molar-refractivity contribution in [3.63, 3.8) is 0 Å². The summed E-state index contributed by atoms with van der Waals surface area (Å²) in [7, 11) is 0. The Labute approximate surface area is 52.4 Å². The normalized spacial score (nSPS) is 24.1. The third-order valence-electron chi connectivity index (χ3n) is 1.18. The Bertz CT molecular complexity index is 106. The van der Waals surface area contributed by atoms with Gasteiger partial charge in [0.2, 0.25) is 5.79 Å². The van der Waals surface area contributed by atoms with Crippen molar-refractivity contribution in [1.82, 2.24) is 0 Å². The summed E-state index contributed by atoms with van der Waals surface area (Å²) in [5, 5.41) is 8.54. The fraction of sp³-hybridized carbons (Fsp3) is 0.800. The molecule has 9 heavy (non-hydrogen) atoms. The minimum absolute atomic E-state index is 0.374. The monoisotopic (exact) mass is 132 g/mol. The lowest BCUT2D eigenvalue weighted by molar-refractivity contribution is -0.179. The zero-order valence-electron chi connectivity index (χ0n) is 4.87. The molecule has 0 amide bonds. The molecular formula is C5H8O4. The van der Waals surface area contributed by atoms with Crippen LogP contribution in [0.1, 0.15) is 0 Å². The van der Waals surface area contributed by atoms with Crippen molar-refractivity contribution in [2.75, 3.05) is 19.8 Å². The van der Waals surface area contributed by atoms with Crippen LogP contribution in [0, 0.1) is 0 Å². The van der Waals surface area contributed by atoms with Crippen molar-refractivity contribution in [2.45, 2.75) is 5.79 Å². The van der Waals surface area contributed by atoms with Crippen molar-refractivity contribution in [2.24, 2.45) is 0 Å². The maximum atomic E-state index is 10.2. The van der Waals surface area contributed by atoms with Gasteiger partial charge in [0.05, 0.1) is 13.2 Å². The highest BCUT2D eigenvalue weighted by Crippen LogP contribution is 2.14. The molecule has 1 fully saturated rings. The molecule has 0 radical (unpaired) electrons. The van der Waals surface area contributed by atoms with Gasteiger partial charge in [0.1, 0.15) is 6.61 Å². The van der Waals surface area contributed by atoms with E-state index >= 15 is 0 Å². The van der Waals surface area contributed by atoms with Crippen LogP contribution in [0.5, 0.6) is 0 Å². The number of rotatable bonds is 2. The van der Waals surface area contributed by atoms with Crippen LogP contribution < -0.4 is 0 Å². The van der Waals surface area contributed by atoms with Gasteiger partial charge in [-0.2, -0.15) is 0 Å². The van der Waals surface area contributed by atoms with Crippen LogP contribution >= 0.6 is 0 Å². The Morgan fingerprint density at radius 3 is 2.33 bits per heavy atom. The van der Waals surface area contributed by atoms with Crippen LogP contribution in [0.15, 0.2) is 0 Å². The van der Waals surface area contributed by atoms with E-state index in [4.69, 9.17) is 14.6 Å². The van der Waals surface area contributed by atoms with Crippen molar-refractivity contribution < 1.29 is 19.4 Å². The van der Waals surface area contributed by atoms with Gasteiger partial charge in [-0.3, -0.25) is 4.79 Å². The molecule has 0 aromatic carbocycles. The lowest BCUT2D eigenvalue weighted by Crippen LogP contribution is -2.36. The number of carbonyl (C=O) groups excluding carboxylic acids is 1. The lowest BCUT2D eigenvalue weighted by atomic mass is 10.3. The van der Waals surface area contributed by atoms with Crippen molar-refractivity contribution >= 4 is 6.29 Å². The molecule has 1 saturated heterocycles. The summed E-state index contributed by atoms with van der Waals surface area (Å²) < 4.78 is 9.60. The van der Waals surface area contributed by atoms with Gasteiger partial charge in [0, 0.05) is 0 Å². The molecule has 0 aliphatic carbocycles. The standard InChI is InChI=1S/C5H8O4/c6-3-5(4-7)8-1-2-9-5/h3,7H,1-2,4H2. The third kappa shape index (κ3) is 1.10. The molecule has 0 atom stereocenters. The summed E-state index contributed by atoms with van der Waals surface area (Å²) in [6.45, 7) is 0.342. The van der Waals surface area contributed by atoms with Crippen LogP contribution in [0.4, 0.5) is 0 Å². The summed E-state index contributed by atoms with van der Waals surface area (Å²) in [6.07, 6.45) is 0.472. The van der Waals surface area contributed by atoms with E-state index in [1.807, 2.05) is 0 Å². The number of aliphatic hydroxyl groups excluding tert-OH is 1. The molecule has 1 heterocycles. The molecular weight excluding hydrogens is 124 g/mol. The Balaban J connectivity index is 2.55. The first-order chi connectivity index (χ1) is 4.33. The SMILES string of the molecule is O=CC1(CO)OCCO1. The van der Waals surface area contributed by atoms with Crippen LogP contribution in [-0.4, -0.2) is 37.0 Å². The van der Waals surface area contributed by atoms with E-state index in [2.05, 4.69) is 0 Å². The molecule has 1 rings (SSSR count). The highest BCUT2D eigenvalue weighted by Gasteiger charge is 2.35. The third-order valence-corrected chi connectivity index (χ3v) is 1.18. The second-order valence-corrected chi connectivity index (χ2v) is 1.78. The quantitative estimate of drug-likeness (QED) is 0.485. The molecule has 0 aromatic heterocycles. The van der Waals surface area contributed by atoms with E-state index < -0.39 is 12.4 Å². The Kier molecular flexibility index (Phi) is 1.80. The van der Waals surface area contributed by atoms with Gasteiger partial charge in [0.15, 0.2) is 6.29 Å². The van der Waals surface area contributed by atoms with Gasteiger partial charge < -0.3 is 14.6 Å². The molecule has 52 valence electrons. The second kappa shape index (κ2) is 2.43. The van der Waals surface area contributed by atoms with Gasteiger partial charge in [-0.05, 0) is 0 Å². The van der Waals surface area contributed by atoms with Crippen molar-refractivity contribution in [3.05, 3.63) is 0 Å². The second-order valence-electron chi connectivity index (χ2n) is 1.78. The lowest BCUT2D eigenvalue weighted by Gasteiger charge is -2.15. The predicted molar refractivity (Wildman–Crippen MR) is 27.8 cm³/mol. The minimum atomic E-state index is -1.35. The predicted octanol–water partition coefficient (Wildman–Crippen LogP) is -1.08. The van der Waals surface area contributed by atoms with Gasteiger partial charge in [-0.1, -0.05) is 0 Å². The zero-order valence-corrected chi connectivity index (χ0v) is 4.87. The summed E-state index contributed by atoms with van der Waals surface area (Å²) in [5.74, 6) is -1.35. The molecule has 1 aliphatic heterocycles. The maximum absolute atomic E-state index is 10.2. The average Bonchev–Trinajstić information content (AvgIpc) is 2.36. The van der Waals surface area contributed by atoms with Crippen molar-refractivity contribution in [3.8, 4) is 0 Å². The molecule has 4 heteroatoms. The number of ether oxygens (including phenoxy) is 2. The summed E-state index contributed by atoms with van der Waals surface area (Å²) in [4.78, 5) is 10.2. The molecule has 4 nitrogen and oxygen atoms in total. The Morgan fingerprint density at radius 1 is 1.56 bits per heavy atom. The zero-order chi connectivity index (χ0) is 6.74. The fourth-order valence-electron chi connectivity index (χ4n) is 0.667. The van der Waals surface area contributed by atoms with Gasteiger partial charge in [-0.25, -0.2) is 0 Å². The van der Waals surface area contributed by atoms with E-state index in [0.29, 0.717) is 19.5 Å². The van der Waals surface area contributed by atoms with Crippen molar-refractivity contribution in [1.29, 1.82) is 0 Å².